The van der Waals surface area contributed by atoms with Crippen molar-refractivity contribution in [2.45, 2.75) is 43.4 Å². The molecular formula is C22H24ClN3O4S. The highest BCUT2D eigenvalue weighted by Gasteiger charge is 2.30. The molecule has 7 nitrogen and oxygen atoms in total. The molecule has 1 atom stereocenters. The monoisotopic (exact) mass is 461 g/mol. The molecule has 1 amide bonds. The van der Waals surface area contributed by atoms with E-state index >= 15 is 0 Å². The molecule has 1 aliphatic heterocycles. The molecule has 0 saturated carbocycles. The standard InChI is InChI=1S/C22H24ClN3O4S/c1-14-12-18(21-19(27)9-8-17(23)20(14)21)24-25-22(28)15-6-5-7-16(13-15)31(29,30)26-10-3-2-4-11-26/h5-9,13-14,27H,2-4,10-12H2,1H3,(H,25,28)/b24-18+. The van der Waals surface area contributed by atoms with Crippen molar-refractivity contribution in [3.63, 3.8) is 0 Å². The van der Waals surface area contributed by atoms with Crippen molar-refractivity contribution in [1.29, 1.82) is 0 Å². The van der Waals surface area contributed by atoms with Gasteiger partial charge in [-0.1, -0.05) is 31.0 Å². The molecule has 1 heterocycles. The van der Waals surface area contributed by atoms with E-state index in [4.69, 9.17) is 11.6 Å². The van der Waals surface area contributed by atoms with Crippen LogP contribution in [0.15, 0.2) is 46.4 Å². The second kappa shape index (κ2) is 8.61. The quantitative estimate of drug-likeness (QED) is 0.675. The lowest BCUT2D eigenvalue weighted by molar-refractivity contribution is 0.0954. The summed E-state index contributed by atoms with van der Waals surface area (Å²) in [5.74, 6) is -0.402. The van der Waals surface area contributed by atoms with E-state index in [1.165, 1.54) is 22.5 Å². The fraction of sp³-hybridized carbons (Fsp3) is 0.364. The molecule has 9 heteroatoms. The lowest BCUT2D eigenvalue weighted by atomic mass is 10.0. The number of carbonyl (C=O) groups is 1. The molecule has 0 bridgehead atoms. The highest BCUT2D eigenvalue weighted by atomic mass is 35.5. The number of hydrogen-bond acceptors (Lipinski definition) is 5. The molecular weight excluding hydrogens is 438 g/mol. The van der Waals surface area contributed by atoms with Gasteiger partial charge in [-0.15, -0.1) is 0 Å². The summed E-state index contributed by atoms with van der Waals surface area (Å²) in [7, 11) is -3.64. The van der Waals surface area contributed by atoms with Crippen LogP contribution in [0.4, 0.5) is 0 Å². The molecule has 1 unspecified atom stereocenters. The molecule has 4 rings (SSSR count). The number of carbonyl (C=O) groups excluding carboxylic acids is 1. The fourth-order valence-corrected chi connectivity index (χ4v) is 6.11. The second-order valence-corrected chi connectivity index (χ2v) is 10.3. The lowest BCUT2D eigenvalue weighted by Crippen LogP contribution is -2.35. The number of piperidine rings is 1. The molecule has 0 aromatic heterocycles. The fourth-order valence-electron chi connectivity index (χ4n) is 4.20. The van der Waals surface area contributed by atoms with E-state index in [2.05, 4.69) is 10.5 Å². The van der Waals surface area contributed by atoms with Crippen molar-refractivity contribution in [3.05, 3.63) is 58.1 Å². The summed E-state index contributed by atoms with van der Waals surface area (Å²) < 4.78 is 27.3. The Morgan fingerprint density at radius 1 is 1.19 bits per heavy atom. The summed E-state index contributed by atoms with van der Waals surface area (Å²) in [6.45, 7) is 2.97. The van der Waals surface area contributed by atoms with Gasteiger partial charge in [0.1, 0.15) is 5.75 Å². The van der Waals surface area contributed by atoms with E-state index in [1.54, 1.807) is 18.2 Å². The Hall–Kier alpha value is -2.42. The molecule has 2 aromatic rings. The van der Waals surface area contributed by atoms with Crippen LogP contribution in [0.1, 0.15) is 60.0 Å². The highest BCUT2D eigenvalue weighted by molar-refractivity contribution is 7.89. The van der Waals surface area contributed by atoms with Crippen LogP contribution in [-0.4, -0.2) is 42.5 Å². The zero-order chi connectivity index (χ0) is 22.2. The Morgan fingerprint density at radius 2 is 1.94 bits per heavy atom. The first-order valence-corrected chi connectivity index (χ1v) is 12.1. The smallest absolute Gasteiger partial charge is 0.271 e. The minimum Gasteiger partial charge on any atom is -0.507 e. The van der Waals surface area contributed by atoms with Gasteiger partial charge in [0.25, 0.3) is 5.91 Å². The predicted molar refractivity (Wildman–Crippen MR) is 119 cm³/mol. The average Bonchev–Trinajstić information content (AvgIpc) is 3.12. The maximum absolute atomic E-state index is 12.9. The molecule has 2 N–H and O–H groups in total. The van der Waals surface area contributed by atoms with Gasteiger partial charge in [0.05, 0.1) is 10.6 Å². The summed E-state index contributed by atoms with van der Waals surface area (Å²) in [5, 5.41) is 15.0. The van der Waals surface area contributed by atoms with Crippen molar-refractivity contribution < 1.29 is 18.3 Å². The number of nitrogens with one attached hydrogen (secondary N) is 1. The summed E-state index contributed by atoms with van der Waals surface area (Å²) in [6, 6.07) is 9.12. The molecule has 1 saturated heterocycles. The highest BCUT2D eigenvalue weighted by Crippen LogP contribution is 2.42. The van der Waals surface area contributed by atoms with Gasteiger partial charge in [-0.3, -0.25) is 4.79 Å². The van der Waals surface area contributed by atoms with Crippen LogP contribution in [0.25, 0.3) is 0 Å². The zero-order valence-corrected chi connectivity index (χ0v) is 18.7. The van der Waals surface area contributed by atoms with Gasteiger partial charge in [0, 0.05) is 29.2 Å². The van der Waals surface area contributed by atoms with E-state index < -0.39 is 15.9 Å². The minimum atomic E-state index is -3.64. The maximum Gasteiger partial charge on any atom is 0.271 e. The number of rotatable bonds is 4. The number of hydrogen-bond donors (Lipinski definition) is 2. The number of nitrogens with zero attached hydrogens (tertiary/aromatic N) is 2. The van der Waals surface area contributed by atoms with Gasteiger partial charge in [-0.05, 0) is 61.1 Å². The Balaban J connectivity index is 1.56. The number of fused-ring (bicyclic) bond motifs is 1. The van der Waals surface area contributed by atoms with Gasteiger partial charge in [-0.25, -0.2) is 13.8 Å². The van der Waals surface area contributed by atoms with Crippen molar-refractivity contribution in [1.82, 2.24) is 9.73 Å². The first kappa shape index (κ1) is 21.8. The Labute approximate surface area is 186 Å². The van der Waals surface area contributed by atoms with Gasteiger partial charge < -0.3 is 5.11 Å². The SMILES string of the molecule is CC1C/C(=N\NC(=O)c2cccc(S(=O)(=O)N3CCCCC3)c2)c2c(O)ccc(Cl)c21. The van der Waals surface area contributed by atoms with Gasteiger partial charge in [0.15, 0.2) is 0 Å². The number of phenolic OH excluding ortho intramolecular Hbond substituents is 1. The van der Waals surface area contributed by atoms with E-state index in [1.807, 2.05) is 6.92 Å². The van der Waals surface area contributed by atoms with E-state index in [9.17, 15) is 18.3 Å². The van der Waals surface area contributed by atoms with Crippen LogP contribution >= 0.6 is 11.6 Å². The van der Waals surface area contributed by atoms with Crippen LogP contribution in [0, 0.1) is 0 Å². The van der Waals surface area contributed by atoms with Crippen molar-refractivity contribution >= 4 is 33.2 Å². The van der Waals surface area contributed by atoms with Crippen LogP contribution in [0.3, 0.4) is 0 Å². The number of sulfonamides is 1. The Morgan fingerprint density at radius 3 is 2.68 bits per heavy atom. The minimum absolute atomic E-state index is 0.0586. The maximum atomic E-state index is 12.9. The summed E-state index contributed by atoms with van der Waals surface area (Å²) >= 11 is 6.27. The normalized spacial score (nSPS) is 20.6. The van der Waals surface area contributed by atoms with E-state index in [0.717, 1.165) is 24.8 Å². The van der Waals surface area contributed by atoms with Crippen LogP contribution in [0.5, 0.6) is 5.75 Å². The van der Waals surface area contributed by atoms with Crippen LogP contribution in [-0.2, 0) is 10.0 Å². The predicted octanol–water partition coefficient (Wildman–Crippen LogP) is 3.86. The molecule has 1 fully saturated rings. The molecule has 0 spiro atoms. The summed E-state index contributed by atoms with van der Waals surface area (Å²) in [4.78, 5) is 12.8. The molecule has 1 aliphatic carbocycles. The first-order valence-electron chi connectivity index (χ1n) is 10.3. The van der Waals surface area contributed by atoms with Crippen molar-refractivity contribution in [2.75, 3.05) is 13.1 Å². The average molecular weight is 462 g/mol. The summed E-state index contributed by atoms with van der Waals surface area (Å²) in [6.07, 6.45) is 3.23. The molecule has 31 heavy (non-hydrogen) atoms. The van der Waals surface area contributed by atoms with E-state index in [-0.39, 0.29) is 22.1 Å². The Bertz CT molecular complexity index is 1160. The van der Waals surface area contributed by atoms with Crippen molar-refractivity contribution in [2.24, 2.45) is 5.10 Å². The Kier molecular flexibility index (Phi) is 6.05. The molecule has 164 valence electrons. The van der Waals surface area contributed by atoms with E-state index in [0.29, 0.717) is 35.8 Å². The summed E-state index contributed by atoms with van der Waals surface area (Å²) in [5.41, 5.74) is 4.58. The van der Waals surface area contributed by atoms with Gasteiger partial charge in [0.2, 0.25) is 10.0 Å². The third-order valence-corrected chi connectivity index (χ3v) is 8.02. The topological polar surface area (TPSA) is 99.1 Å². The number of benzene rings is 2. The number of hydrazone groups is 1. The molecule has 0 radical (unpaired) electrons. The first-order chi connectivity index (χ1) is 14.8. The zero-order valence-electron chi connectivity index (χ0n) is 17.1. The van der Waals surface area contributed by atoms with Crippen LogP contribution in [0.2, 0.25) is 5.02 Å². The third-order valence-electron chi connectivity index (χ3n) is 5.79. The number of phenols is 1. The van der Waals surface area contributed by atoms with Crippen molar-refractivity contribution in [3.8, 4) is 5.75 Å². The van der Waals surface area contributed by atoms with Gasteiger partial charge in [-0.2, -0.15) is 9.41 Å². The number of halogens is 1. The third kappa shape index (κ3) is 4.20. The molecule has 2 aromatic carbocycles. The van der Waals surface area contributed by atoms with Crippen LogP contribution < -0.4 is 5.43 Å². The number of aromatic hydroxyl groups is 1. The number of amides is 1. The lowest BCUT2D eigenvalue weighted by Gasteiger charge is -2.25. The largest absolute Gasteiger partial charge is 0.507 e. The molecule has 2 aliphatic rings. The van der Waals surface area contributed by atoms with Gasteiger partial charge >= 0.3 is 0 Å². The second-order valence-electron chi connectivity index (χ2n) is 7.95.